The highest BCUT2D eigenvalue weighted by Gasteiger charge is 2.35. The van der Waals surface area contributed by atoms with Gasteiger partial charge in [-0.05, 0) is 74.1 Å². The third kappa shape index (κ3) is 3.74. The zero-order valence-corrected chi connectivity index (χ0v) is 18.4. The molecule has 2 aromatic heterocycles. The molecule has 5 nitrogen and oxygen atoms in total. The molecule has 1 fully saturated rings. The van der Waals surface area contributed by atoms with Gasteiger partial charge in [-0.25, -0.2) is 4.39 Å². The number of ether oxygens (including phenoxy) is 1. The molecular weight excluding hydrogens is 405 g/mol. The molecule has 1 aromatic carbocycles. The van der Waals surface area contributed by atoms with Crippen LogP contribution in [0.1, 0.15) is 58.4 Å². The van der Waals surface area contributed by atoms with Crippen LogP contribution >= 0.6 is 0 Å². The largest absolute Gasteiger partial charge is 0.469 e. The normalized spacial score (nSPS) is 16.2. The van der Waals surface area contributed by atoms with E-state index in [0.717, 1.165) is 53.8 Å². The van der Waals surface area contributed by atoms with E-state index >= 15 is 4.39 Å². The summed E-state index contributed by atoms with van der Waals surface area (Å²) < 4.78 is 20.9. The minimum Gasteiger partial charge on any atom is -0.469 e. The van der Waals surface area contributed by atoms with Gasteiger partial charge in [0.15, 0.2) is 18.3 Å². The van der Waals surface area contributed by atoms with Crippen LogP contribution in [-0.4, -0.2) is 33.5 Å². The molecule has 0 radical (unpaired) electrons. The SMILES string of the molecule is Cc1cc(-c2ccc(Cc3cc4c(c(F)c3C)OCN(C3CCCC3)C4=O)cn2)ccn1. The molecule has 1 aliphatic carbocycles. The Kier molecular flexibility index (Phi) is 5.37. The molecule has 3 aromatic rings. The number of pyridine rings is 2. The van der Waals surface area contributed by atoms with Crippen molar-refractivity contribution >= 4 is 5.91 Å². The number of hydrogen-bond acceptors (Lipinski definition) is 4. The standard InChI is InChI=1S/C26H26FN3O2/c1-16-11-19(9-10-28-16)23-8-7-18(14-29-23)12-20-13-22-25(24(27)17(20)2)32-15-30(26(22)31)21-5-3-4-6-21/h7-11,13-14,21H,3-6,12,15H2,1-2H3. The predicted octanol–water partition coefficient (Wildman–Crippen LogP) is 5.23. The number of halogens is 1. The summed E-state index contributed by atoms with van der Waals surface area (Å²) in [6.45, 7) is 3.82. The van der Waals surface area contributed by atoms with E-state index in [1.165, 1.54) is 0 Å². The van der Waals surface area contributed by atoms with Crippen LogP contribution in [0.3, 0.4) is 0 Å². The number of amides is 1. The number of aryl methyl sites for hydroxylation is 1. The number of nitrogens with zero attached hydrogens (tertiary/aromatic N) is 3. The lowest BCUT2D eigenvalue weighted by molar-refractivity contribution is 0.0377. The van der Waals surface area contributed by atoms with Crippen molar-refractivity contribution in [2.45, 2.75) is 52.0 Å². The molecule has 1 aliphatic heterocycles. The first-order valence-corrected chi connectivity index (χ1v) is 11.1. The molecule has 0 spiro atoms. The fourth-order valence-electron chi connectivity index (χ4n) is 4.72. The van der Waals surface area contributed by atoms with E-state index in [1.807, 2.05) is 37.4 Å². The minimum atomic E-state index is -0.436. The van der Waals surface area contributed by atoms with Crippen LogP contribution in [0.4, 0.5) is 4.39 Å². The van der Waals surface area contributed by atoms with Crippen molar-refractivity contribution in [1.82, 2.24) is 14.9 Å². The average Bonchev–Trinajstić information content (AvgIpc) is 3.33. The van der Waals surface area contributed by atoms with Crippen molar-refractivity contribution in [2.75, 3.05) is 6.73 Å². The van der Waals surface area contributed by atoms with Crippen molar-refractivity contribution in [3.8, 4) is 17.0 Å². The molecular formula is C26H26FN3O2. The number of fused-ring (bicyclic) bond motifs is 1. The van der Waals surface area contributed by atoms with Crippen LogP contribution in [0.25, 0.3) is 11.3 Å². The Hall–Kier alpha value is -3.28. The molecule has 0 bridgehead atoms. The van der Waals surface area contributed by atoms with Gasteiger partial charge in [-0.1, -0.05) is 18.9 Å². The number of carbonyl (C=O) groups excluding carboxylic acids is 1. The van der Waals surface area contributed by atoms with Gasteiger partial charge >= 0.3 is 0 Å². The van der Waals surface area contributed by atoms with Crippen LogP contribution in [0, 0.1) is 19.7 Å². The highest BCUT2D eigenvalue weighted by molar-refractivity contribution is 5.98. The van der Waals surface area contributed by atoms with Crippen molar-refractivity contribution in [2.24, 2.45) is 0 Å². The molecule has 32 heavy (non-hydrogen) atoms. The van der Waals surface area contributed by atoms with E-state index in [9.17, 15) is 4.79 Å². The van der Waals surface area contributed by atoms with Crippen molar-refractivity contribution in [1.29, 1.82) is 0 Å². The third-order valence-electron chi connectivity index (χ3n) is 6.59. The Labute approximate surface area is 187 Å². The van der Waals surface area contributed by atoms with Crippen LogP contribution in [0.15, 0.2) is 42.7 Å². The number of benzene rings is 1. The van der Waals surface area contributed by atoms with Gasteiger partial charge in [0.1, 0.15) is 0 Å². The molecule has 0 N–H and O–H groups in total. The monoisotopic (exact) mass is 431 g/mol. The summed E-state index contributed by atoms with van der Waals surface area (Å²) in [4.78, 5) is 23.7. The fraction of sp³-hybridized carbons (Fsp3) is 0.346. The van der Waals surface area contributed by atoms with Gasteiger partial charge in [-0.2, -0.15) is 0 Å². The number of carbonyl (C=O) groups is 1. The molecule has 5 rings (SSSR count). The van der Waals surface area contributed by atoms with Gasteiger partial charge in [-0.15, -0.1) is 0 Å². The van der Waals surface area contributed by atoms with Crippen LogP contribution in [-0.2, 0) is 6.42 Å². The van der Waals surface area contributed by atoms with E-state index in [-0.39, 0.29) is 24.4 Å². The first-order chi connectivity index (χ1) is 15.5. The van der Waals surface area contributed by atoms with Gasteiger partial charge in [0, 0.05) is 29.7 Å². The second-order valence-electron chi connectivity index (χ2n) is 8.75. The van der Waals surface area contributed by atoms with Crippen molar-refractivity contribution in [3.05, 3.63) is 76.5 Å². The Morgan fingerprint density at radius 3 is 2.66 bits per heavy atom. The zero-order valence-electron chi connectivity index (χ0n) is 18.4. The molecule has 0 unspecified atom stereocenters. The Morgan fingerprint density at radius 2 is 1.94 bits per heavy atom. The van der Waals surface area contributed by atoms with Crippen LogP contribution < -0.4 is 4.74 Å². The van der Waals surface area contributed by atoms with Gasteiger partial charge in [0.2, 0.25) is 0 Å². The highest BCUT2D eigenvalue weighted by atomic mass is 19.1. The van der Waals surface area contributed by atoms with Crippen LogP contribution in [0.5, 0.6) is 5.75 Å². The predicted molar refractivity (Wildman–Crippen MR) is 120 cm³/mol. The summed E-state index contributed by atoms with van der Waals surface area (Å²) in [5.74, 6) is -0.472. The lowest BCUT2D eigenvalue weighted by Gasteiger charge is -2.34. The van der Waals surface area contributed by atoms with E-state index in [2.05, 4.69) is 9.97 Å². The molecule has 2 aliphatic rings. The molecule has 1 amide bonds. The number of hydrogen-bond donors (Lipinski definition) is 0. The average molecular weight is 432 g/mol. The lowest BCUT2D eigenvalue weighted by atomic mass is 9.96. The fourth-order valence-corrected chi connectivity index (χ4v) is 4.72. The van der Waals surface area contributed by atoms with E-state index in [1.54, 1.807) is 24.1 Å². The summed E-state index contributed by atoms with van der Waals surface area (Å²) in [7, 11) is 0. The summed E-state index contributed by atoms with van der Waals surface area (Å²) in [5, 5.41) is 0. The van der Waals surface area contributed by atoms with Gasteiger partial charge in [-0.3, -0.25) is 14.8 Å². The molecule has 0 atom stereocenters. The van der Waals surface area contributed by atoms with E-state index < -0.39 is 5.82 Å². The maximum atomic E-state index is 15.1. The minimum absolute atomic E-state index is 0.0898. The summed E-state index contributed by atoms with van der Waals surface area (Å²) in [5.41, 5.74) is 5.39. The number of rotatable bonds is 4. The zero-order chi connectivity index (χ0) is 22.2. The van der Waals surface area contributed by atoms with E-state index in [4.69, 9.17) is 4.74 Å². The topological polar surface area (TPSA) is 55.3 Å². The lowest BCUT2D eigenvalue weighted by Crippen LogP contribution is -2.44. The van der Waals surface area contributed by atoms with Gasteiger partial charge in [0.25, 0.3) is 5.91 Å². The first-order valence-electron chi connectivity index (χ1n) is 11.1. The summed E-state index contributed by atoms with van der Waals surface area (Å²) in [6, 6.07) is 9.88. The summed E-state index contributed by atoms with van der Waals surface area (Å²) >= 11 is 0. The Bertz CT molecular complexity index is 1170. The molecule has 3 heterocycles. The third-order valence-corrected chi connectivity index (χ3v) is 6.59. The molecule has 1 saturated carbocycles. The Balaban J connectivity index is 1.42. The van der Waals surface area contributed by atoms with Crippen molar-refractivity contribution < 1.29 is 13.9 Å². The van der Waals surface area contributed by atoms with Gasteiger partial charge in [0.05, 0.1) is 11.3 Å². The quantitative estimate of drug-likeness (QED) is 0.568. The number of aromatic nitrogens is 2. The van der Waals surface area contributed by atoms with Crippen LogP contribution in [0.2, 0.25) is 0 Å². The summed E-state index contributed by atoms with van der Waals surface area (Å²) in [6.07, 6.45) is 8.29. The molecule has 6 heteroatoms. The van der Waals surface area contributed by atoms with Crippen molar-refractivity contribution in [3.63, 3.8) is 0 Å². The maximum Gasteiger partial charge on any atom is 0.260 e. The second kappa shape index (κ2) is 8.34. The van der Waals surface area contributed by atoms with Gasteiger partial charge < -0.3 is 9.64 Å². The molecule has 164 valence electrons. The molecule has 0 saturated heterocycles. The highest BCUT2D eigenvalue weighted by Crippen LogP contribution is 2.36. The first kappa shape index (κ1) is 20.6. The second-order valence-corrected chi connectivity index (χ2v) is 8.75. The maximum absolute atomic E-state index is 15.1. The van der Waals surface area contributed by atoms with E-state index in [0.29, 0.717) is 17.5 Å². The Morgan fingerprint density at radius 1 is 1.12 bits per heavy atom. The smallest absolute Gasteiger partial charge is 0.260 e.